The molecule has 6 heteroatoms. The van der Waals surface area contributed by atoms with Gasteiger partial charge in [-0.05, 0) is 42.0 Å². The summed E-state index contributed by atoms with van der Waals surface area (Å²) < 4.78 is 2.08. The Bertz CT molecular complexity index is 1270. The lowest BCUT2D eigenvalue weighted by Gasteiger charge is -2.23. The molecule has 0 radical (unpaired) electrons. The minimum Gasteiger partial charge on any atom is -0.314 e. The van der Waals surface area contributed by atoms with Crippen molar-refractivity contribution in [2.24, 2.45) is 0 Å². The quantitative estimate of drug-likeness (QED) is 0.371. The van der Waals surface area contributed by atoms with Crippen LogP contribution in [0.5, 0.6) is 0 Å². The van der Waals surface area contributed by atoms with Crippen molar-refractivity contribution in [3.8, 4) is 5.69 Å². The topological polar surface area (TPSA) is 34.9 Å². The number of nitrogens with zero attached hydrogens (tertiary/aromatic N) is 2. The highest BCUT2D eigenvalue weighted by molar-refractivity contribution is 7.99. The second-order valence-corrected chi connectivity index (χ2v) is 8.36. The number of hydrogen-bond donors (Lipinski definition) is 0. The summed E-state index contributed by atoms with van der Waals surface area (Å²) in [7, 11) is 0. The molecule has 0 aliphatic carbocycles. The molecule has 132 valence electrons. The van der Waals surface area contributed by atoms with Gasteiger partial charge in [0.1, 0.15) is 0 Å². The van der Waals surface area contributed by atoms with Gasteiger partial charge in [-0.1, -0.05) is 41.0 Å². The monoisotopic (exact) mass is 410 g/mol. The summed E-state index contributed by atoms with van der Waals surface area (Å²) in [6.45, 7) is 0. The number of benzene rings is 2. The largest absolute Gasteiger partial charge is 0.314 e. The lowest BCUT2D eigenvalue weighted by atomic mass is 10.0. The fraction of sp³-hybridized carbons (Fsp3) is 0.0476. The molecule has 0 fully saturated rings. The van der Waals surface area contributed by atoms with Crippen LogP contribution < -0.4 is 5.43 Å². The van der Waals surface area contributed by atoms with Gasteiger partial charge in [0, 0.05) is 55.8 Å². The van der Waals surface area contributed by atoms with E-state index in [-0.39, 0.29) is 5.43 Å². The summed E-state index contributed by atoms with van der Waals surface area (Å²) in [5.74, 6) is 0. The van der Waals surface area contributed by atoms with Gasteiger partial charge in [0.25, 0.3) is 0 Å². The van der Waals surface area contributed by atoms with Crippen LogP contribution >= 0.6 is 35.0 Å². The molecule has 1 aliphatic rings. The van der Waals surface area contributed by atoms with Crippen molar-refractivity contribution in [1.82, 2.24) is 9.55 Å². The average molecular weight is 411 g/mol. The first-order valence-electron chi connectivity index (χ1n) is 8.34. The zero-order valence-corrected chi connectivity index (χ0v) is 16.3. The number of halogens is 2. The van der Waals surface area contributed by atoms with E-state index in [4.69, 9.17) is 23.2 Å². The van der Waals surface area contributed by atoms with Crippen molar-refractivity contribution in [2.45, 2.75) is 16.2 Å². The molecule has 0 bridgehead atoms. The lowest BCUT2D eigenvalue weighted by molar-refractivity contribution is 0.993. The zero-order chi connectivity index (χ0) is 18.5. The molecule has 1 aliphatic heterocycles. The molecule has 0 saturated heterocycles. The molecule has 0 atom stereocenters. The lowest BCUT2D eigenvalue weighted by Crippen LogP contribution is -2.17. The van der Waals surface area contributed by atoms with Gasteiger partial charge >= 0.3 is 0 Å². The summed E-state index contributed by atoms with van der Waals surface area (Å²) in [6, 6.07) is 13.3. The number of hydrogen-bond acceptors (Lipinski definition) is 3. The highest BCUT2D eigenvalue weighted by Crippen LogP contribution is 2.44. The Labute approximate surface area is 169 Å². The molecule has 3 heterocycles. The zero-order valence-electron chi connectivity index (χ0n) is 13.9. The number of aromatic nitrogens is 2. The van der Waals surface area contributed by atoms with E-state index >= 15 is 0 Å². The van der Waals surface area contributed by atoms with Gasteiger partial charge < -0.3 is 4.57 Å². The number of fused-ring (bicyclic) bond motifs is 2. The Kier molecular flexibility index (Phi) is 4.01. The van der Waals surface area contributed by atoms with Crippen molar-refractivity contribution in [3.63, 3.8) is 0 Å². The first-order valence-corrected chi connectivity index (χ1v) is 9.92. The summed E-state index contributed by atoms with van der Waals surface area (Å²) in [4.78, 5) is 19.3. The van der Waals surface area contributed by atoms with Crippen molar-refractivity contribution >= 4 is 45.9 Å². The SMILES string of the molecule is O=c1c(Cc2cccnc2)cn2c3c(cc(Cl)cc13)Sc1cc(Cl)ccc1-2. The van der Waals surface area contributed by atoms with Crippen LogP contribution in [0.3, 0.4) is 0 Å². The Morgan fingerprint density at radius 2 is 1.89 bits per heavy atom. The first kappa shape index (κ1) is 16.9. The summed E-state index contributed by atoms with van der Waals surface area (Å²) in [6.07, 6.45) is 5.96. The van der Waals surface area contributed by atoms with Gasteiger partial charge in [-0.3, -0.25) is 9.78 Å². The van der Waals surface area contributed by atoms with Gasteiger partial charge in [-0.15, -0.1) is 0 Å². The minimum atomic E-state index is 0.00636. The van der Waals surface area contributed by atoms with E-state index < -0.39 is 0 Å². The molecule has 2 aromatic heterocycles. The van der Waals surface area contributed by atoms with Crippen LogP contribution in [0, 0.1) is 0 Å². The summed E-state index contributed by atoms with van der Waals surface area (Å²) in [5.41, 5.74) is 3.60. The van der Waals surface area contributed by atoms with Gasteiger partial charge in [0.15, 0.2) is 5.43 Å². The fourth-order valence-corrected chi connectivity index (χ4v) is 5.16. The smallest absolute Gasteiger partial charge is 0.193 e. The van der Waals surface area contributed by atoms with Crippen LogP contribution in [-0.2, 0) is 6.42 Å². The molecule has 5 rings (SSSR count). The number of pyridine rings is 2. The predicted molar refractivity (Wildman–Crippen MR) is 111 cm³/mol. The van der Waals surface area contributed by atoms with Crippen LogP contribution in [0.25, 0.3) is 16.6 Å². The maximum absolute atomic E-state index is 13.2. The van der Waals surface area contributed by atoms with Crippen LogP contribution in [0.1, 0.15) is 11.1 Å². The van der Waals surface area contributed by atoms with E-state index in [9.17, 15) is 4.79 Å². The van der Waals surface area contributed by atoms with Gasteiger partial charge in [-0.25, -0.2) is 0 Å². The molecule has 2 aromatic carbocycles. The summed E-state index contributed by atoms with van der Waals surface area (Å²) >= 11 is 14.1. The Hall–Kier alpha value is -2.27. The molecule has 0 saturated carbocycles. The van der Waals surface area contributed by atoms with E-state index in [1.165, 1.54) is 0 Å². The highest BCUT2D eigenvalue weighted by atomic mass is 35.5. The van der Waals surface area contributed by atoms with E-state index in [0.717, 1.165) is 26.6 Å². The Morgan fingerprint density at radius 1 is 1.04 bits per heavy atom. The van der Waals surface area contributed by atoms with Gasteiger partial charge in [0.2, 0.25) is 0 Å². The van der Waals surface area contributed by atoms with Crippen molar-refractivity contribution in [3.05, 3.63) is 92.5 Å². The molecule has 0 N–H and O–H groups in total. The molecule has 3 nitrogen and oxygen atoms in total. The Balaban J connectivity index is 1.82. The highest BCUT2D eigenvalue weighted by Gasteiger charge is 2.22. The second-order valence-electron chi connectivity index (χ2n) is 6.41. The third-order valence-corrected chi connectivity index (χ3v) is 6.15. The van der Waals surface area contributed by atoms with E-state index in [1.54, 1.807) is 30.2 Å². The first-order chi connectivity index (χ1) is 13.1. The van der Waals surface area contributed by atoms with Crippen LogP contribution in [0.2, 0.25) is 10.0 Å². The number of rotatable bonds is 2. The van der Waals surface area contributed by atoms with E-state index in [2.05, 4.69) is 9.55 Å². The van der Waals surface area contributed by atoms with E-state index in [0.29, 0.717) is 27.4 Å². The van der Waals surface area contributed by atoms with Gasteiger partial charge in [0.05, 0.1) is 11.2 Å². The van der Waals surface area contributed by atoms with Crippen LogP contribution in [0.15, 0.2) is 75.6 Å². The van der Waals surface area contributed by atoms with Crippen LogP contribution in [-0.4, -0.2) is 9.55 Å². The third kappa shape index (κ3) is 2.85. The van der Waals surface area contributed by atoms with Gasteiger partial charge in [-0.2, -0.15) is 0 Å². The molecular formula is C21H12Cl2N2OS. The maximum atomic E-state index is 13.2. The van der Waals surface area contributed by atoms with Crippen LogP contribution in [0.4, 0.5) is 0 Å². The molecule has 4 aromatic rings. The van der Waals surface area contributed by atoms with Crippen molar-refractivity contribution in [2.75, 3.05) is 0 Å². The van der Waals surface area contributed by atoms with E-state index in [1.807, 2.05) is 42.6 Å². The normalized spacial score (nSPS) is 12.2. The van der Waals surface area contributed by atoms with Crippen molar-refractivity contribution in [1.29, 1.82) is 0 Å². The fourth-order valence-electron chi connectivity index (χ4n) is 3.45. The molecule has 0 spiro atoms. The standard InChI is InChI=1S/C21H12Cl2N2OS/c22-14-3-4-17-18(8-14)27-19-9-15(23)7-16-20(19)25(17)11-13(21(16)26)6-12-2-1-5-24-10-12/h1-5,7-11H,6H2. The third-order valence-electron chi connectivity index (χ3n) is 4.62. The minimum absolute atomic E-state index is 0.00636. The molecule has 0 amide bonds. The summed E-state index contributed by atoms with van der Waals surface area (Å²) in [5, 5.41) is 1.87. The molecule has 27 heavy (non-hydrogen) atoms. The molecule has 0 unspecified atom stereocenters. The second kappa shape index (κ2) is 6.41. The molecular weight excluding hydrogens is 399 g/mol. The Morgan fingerprint density at radius 3 is 2.70 bits per heavy atom. The van der Waals surface area contributed by atoms with Crippen molar-refractivity contribution < 1.29 is 0 Å². The predicted octanol–water partition coefficient (Wildman–Crippen LogP) is 5.75. The maximum Gasteiger partial charge on any atom is 0.193 e. The average Bonchev–Trinajstić information content (AvgIpc) is 2.65.